The Morgan fingerprint density at radius 3 is 2.67 bits per heavy atom. The van der Waals surface area contributed by atoms with Gasteiger partial charge < -0.3 is 41.2 Å². The number of carbonyl (C=O) groups excluding carboxylic acids is 4. The molecule has 4 amide bonds. The Morgan fingerprint density at radius 1 is 1.24 bits per heavy atom. The van der Waals surface area contributed by atoms with E-state index >= 15 is 0 Å². The number of oxime groups is 1. The van der Waals surface area contributed by atoms with Gasteiger partial charge in [-0.05, 0) is 45.0 Å². The minimum Gasteiger partial charge on any atom is -0.504 e. The Balaban J connectivity index is 1.11. The molecule has 1 aromatic heterocycles. The number of aliphatic carboxylic acids is 1. The van der Waals surface area contributed by atoms with Crippen LogP contribution in [0.2, 0.25) is 0 Å². The molecule has 1 aromatic carbocycles. The number of carboxylic acid groups (broad SMARTS) is 1. The van der Waals surface area contributed by atoms with Crippen LogP contribution in [0.1, 0.15) is 36.8 Å². The molecular weight excluding hydrogens is 769 g/mol. The number of β-lactam (4-membered cyclic amide) rings is 1. The number of nitrogen functional groups attached to an aromatic ring is 1. The summed E-state index contributed by atoms with van der Waals surface area (Å²) in [6.07, 6.45) is 3.39. The number of anilines is 1. The first-order valence-corrected chi connectivity index (χ1v) is 18.8. The number of amides is 4. The lowest BCUT2D eigenvalue weighted by Gasteiger charge is -2.53. The van der Waals surface area contributed by atoms with Crippen LogP contribution in [0.15, 0.2) is 56.9 Å². The van der Waals surface area contributed by atoms with Gasteiger partial charge in [0.25, 0.3) is 17.7 Å². The van der Waals surface area contributed by atoms with E-state index in [-0.39, 0.29) is 41.2 Å². The van der Waals surface area contributed by atoms with Crippen molar-refractivity contribution in [3.8, 4) is 11.5 Å². The van der Waals surface area contributed by atoms with Crippen molar-refractivity contribution in [1.82, 2.24) is 36.1 Å². The Bertz CT molecular complexity index is 2050. The van der Waals surface area contributed by atoms with Crippen molar-refractivity contribution in [2.75, 3.05) is 30.5 Å². The van der Waals surface area contributed by atoms with Crippen molar-refractivity contribution < 1.29 is 49.2 Å². The first kappa shape index (κ1) is 38.4. The quantitative estimate of drug-likeness (QED) is 0.0602. The zero-order valence-electron chi connectivity index (χ0n) is 28.7. The lowest BCUT2D eigenvalue weighted by atomic mass is 9.89. The van der Waals surface area contributed by atoms with Crippen LogP contribution in [0.5, 0.6) is 11.5 Å². The molecule has 20 nitrogen and oxygen atoms in total. The number of thiazole rings is 1. The predicted molar refractivity (Wildman–Crippen MR) is 196 cm³/mol. The molecule has 9 N–H and O–H groups in total. The molecule has 0 aliphatic carbocycles. The van der Waals surface area contributed by atoms with Crippen LogP contribution in [0.25, 0.3) is 0 Å². The molecule has 2 unspecified atom stereocenters. The number of aromatic hydroxyl groups is 2. The van der Waals surface area contributed by atoms with Gasteiger partial charge in [-0.2, -0.15) is 0 Å². The zero-order valence-corrected chi connectivity index (χ0v) is 31.1. The number of thioether (sulfide) groups is 2. The third-order valence-electron chi connectivity index (χ3n) is 8.46. The van der Waals surface area contributed by atoms with E-state index in [1.165, 1.54) is 58.7 Å². The van der Waals surface area contributed by atoms with E-state index in [1.807, 2.05) is 0 Å². The number of hydrogen-bond acceptors (Lipinski definition) is 19. The van der Waals surface area contributed by atoms with E-state index in [0.717, 1.165) is 23.5 Å². The van der Waals surface area contributed by atoms with Gasteiger partial charge in [-0.15, -0.1) is 40.4 Å². The molecule has 2 fully saturated rings. The maximum Gasteiger partial charge on any atom is 0.313 e. The molecule has 3 atom stereocenters. The highest BCUT2D eigenvalue weighted by atomic mass is 32.2. The minimum absolute atomic E-state index is 0.0198. The number of hydrogen-bond donors (Lipinski definition) is 8. The van der Waals surface area contributed by atoms with E-state index in [2.05, 4.69) is 31.3 Å². The first-order chi connectivity index (χ1) is 25.5. The standard InChI is InChI=1S/C31H34N10O10S3/c1-14-6-20(41-19(33-14)8-39(13-42)38-41)53-11-31(28(49)50)10-40-25(47)22(26(40)54-12-31)35-24(46)21(16-9-52-29(32)34-16)37-51-30(2,3)27(48)36-23(45)15-4-5-17(43)18(44)7-15/h4-9,22,26,38,42-44H,10-13H2,1-3H3,(H2,32,34)(H,35,46)(H,49,50)(H,36,45,48)/t22?,26-,31?/m1/s1. The SMILES string of the molecule is CC1=NC2=CN(CO)NN2C(SCC2(C(=O)O)CS[C@@H]3C(NC(=O)C(=NOC(C)(C)C(=O)NC(=O)c4ccc(O)c(O)c4)c4csc(N)n4)C(=O)N3C2)=C1. The minimum atomic E-state index is -1.84. The lowest BCUT2D eigenvalue weighted by Crippen LogP contribution is -2.74. The Labute approximate surface area is 318 Å². The summed E-state index contributed by atoms with van der Waals surface area (Å²) >= 11 is 3.46. The van der Waals surface area contributed by atoms with Gasteiger partial charge in [0.1, 0.15) is 29.3 Å². The van der Waals surface area contributed by atoms with Gasteiger partial charge in [-0.3, -0.25) is 34.3 Å². The number of rotatable bonds is 12. The van der Waals surface area contributed by atoms with Crippen LogP contribution in [-0.2, 0) is 24.0 Å². The summed E-state index contributed by atoms with van der Waals surface area (Å²) < 4.78 is 0. The van der Waals surface area contributed by atoms with Crippen LogP contribution < -0.4 is 21.9 Å². The molecule has 0 spiro atoms. The fraction of sp³-hybridized carbons (Fsp3) is 0.355. The normalized spacial score (nSPS) is 22.3. The van der Waals surface area contributed by atoms with Crippen LogP contribution in [-0.4, -0.2) is 123 Å². The average molecular weight is 803 g/mol. The number of hydrazine groups is 2. The summed E-state index contributed by atoms with van der Waals surface area (Å²) in [4.78, 5) is 80.7. The monoisotopic (exact) mass is 802 g/mol. The van der Waals surface area contributed by atoms with Gasteiger partial charge in [0, 0.05) is 34.7 Å². The second kappa shape index (κ2) is 14.8. The maximum absolute atomic E-state index is 13.6. The number of allylic oxidation sites excluding steroid dienone is 1. The maximum atomic E-state index is 13.6. The molecule has 54 heavy (non-hydrogen) atoms. The van der Waals surface area contributed by atoms with Crippen molar-refractivity contribution in [3.05, 3.63) is 58.0 Å². The summed E-state index contributed by atoms with van der Waals surface area (Å²) in [5.41, 5.74) is 5.67. The molecule has 23 heteroatoms. The number of benzene rings is 1. The topological polar surface area (TPSA) is 285 Å². The number of imide groups is 1. The second-order valence-electron chi connectivity index (χ2n) is 12.9. The van der Waals surface area contributed by atoms with Gasteiger partial charge in [0.15, 0.2) is 28.2 Å². The predicted octanol–water partition coefficient (Wildman–Crippen LogP) is -0.102. The molecule has 6 rings (SSSR count). The van der Waals surface area contributed by atoms with Gasteiger partial charge in [0.05, 0.1) is 11.2 Å². The highest BCUT2D eigenvalue weighted by molar-refractivity contribution is 8.03. The summed E-state index contributed by atoms with van der Waals surface area (Å²) in [5, 5.41) is 52.3. The molecule has 0 saturated carbocycles. The number of nitrogens with one attached hydrogen (secondary N) is 3. The number of nitrogens with zero attached hydrogens (tertiary/aromatic N) is 6. The summed E-state index contributed by atoms with van der Waals surface area (Å²) in [5.74, 6) is -4.67. The highest BCUT2D eigenvalue weighted by Crippen LogP contribution is 2.45. The lowest BCUT2D eigenvalue weighted by molar-refractivity contribution is -0.157. The average Bonchev–Trinajstić information content (AvgIpc) is 3.76. The summed E-state index contributed by atoms with van der Waals surface area (Å²) in [7, 11) is 0. The van der Waals surface area contributed by atoms with E-state index in [0.29, 0.717) is 16.6 Å². The summed E-state index contributed by atoms with van der Waals surface area (Å²) in [6.45, 7) is 3.91. The summed E-state index contributed by atoms with van der Waals surface area (Å²) in [6, 6.07) is 2.17. The van der Waals surface area contributed by atoms with Crippen molar-refractivity contribution in [1.29, 1.82) is 0 Å². The number of carbonyl (C=O) groups is 5. The number of aliphatic hydroxyl groups is 1. The number of aliphatic hydroxyl groups excluding tert-OH is 1. The number of fused-ring (bicyclic) bond motifs is 2. The van der Waals surface area contributed by atoms with E-state index in [1.54, 1.807) is 24.2 Å². The Kier molecular flexibility index (Phi) is 10.5. The fourth-order valence-corrected chi connectivity index (χ4v) is 8.88. The molecule has 2 aromatic rings. The van der Waals surface area contributed by atoms with Crippen LogP contribution in [0, 0.1) is 5.41 Å². The van der Waals surface area contributed by atoms with E-state index in [4.69, 9.17) is 10.6 Å². The van der Waals surface area contributed by atoms with Gasteiger partial charge in [-0.25, -0.2) is 15.0 Å². The number of nitrogens with two attached hydrogens (primary N) is 1. The van der Waals surface area contributed by atoms with Crippen molar-refractivity contribution in [3.63, 3.8) is 0 Å². The number of aromatic nitrogens is 1. The van der Waals surface area contributed by atoms with Crippen molar-refractivity contribution >= 4 is 81.0 Å². The molecular formula is C31H34N10O10S3. The fourth-order valence-electron chi connectivity index (χ4n) is 5.40. The second-order valence-corrected chi connectivity index (χ2v) is 15.9. The van der Waals surface area contributed by atoms with Gasteiger partial charge in [-0.1, -0.05) is 5.16 Å². The van der Waals surface area contributed by atoms with Crippen LogP contribution in [0.4, 0.5) is 5.13 Å². The third kappa shape index (κ3) is 7.52. The smallest absolute Gasteiger partial charge is 0.313 e. The molecule has 4 aliphatic rings. The molecule has 2 saturated heterocycles. The molecule has 286 valence electrons. The van der Waals surface area contributed by atoms with Crippen LogP contribution in [0.3, 0.4) is 0 Å². The van der Waals surface area contributed by atoms with Crippen molar-refractivity contribution in [2.45, 2.75) is 37.8 Å². The van der Waals surface area contributed by atoms with Crippen molar-refractivity contribution in [2.24, 2.45) is 15.6 Å². The van der Waals surface area contributed by atoms with E-state index < -0.39 is 69.2 Å². The number of aliphatic imine (C=N–C) groups is 1. The van der Waals surface area contributed by atoms with Gasteiger partial charge >= 0.3 is 5.97 Å². The number of phenolic OH excluding ortho intramolecular Hbond substituents is 2. The highest BCUT2D eigenvalue weighted by Gasteiger charge is 2.58. The number of phenols is 2. The van der Waals surface area contributed by atoms with E-state index in [9.17, 15) is 44.4 Å². The zero-order chi connectivity index (χ0) is 39.1. The van der Waals surface area contributed by atoms with Gasteiger partial charge in [0.2, 0.25) is 11.5 Å². The first-order valence-electron chi connectivity index (χ1n) is 15.9. The third-order valence-corrected chi connectivity index (χ3v) is 12.0. The molecule has 0 bridgehead atoms. The molecule has 0 radical (unpaired) electrons. The van der Waals surface area contributed by atoms with Crippen LogP contribution >= 0.6 is 34.9 Å². The largest absolute Gasteiger partial charge is 0.504 e. The molecule has 4 aliphatic heterocycles. The number of carboxylic acids is 1. The Hall–Kier alpha value is -5.36. The molecule has 5 heterocycles. The Morgan fingerprint density at radius 2 is 2.00 bits per heavy atom.